The third-order valence-electron chi connectivity index (χ3n) is 2.58. The summed E-state index contributed by atoms with van der Waals surface area (Å²) in [5.41, 5.74) is 0. The van der Waals surface area contributed by atoms with Crippen LogP contribution in [0.4, 0.5) is 0 Å². The molecular formula is C9H16N2O2S. The Kier molecular flexibility index (Phi) is 3.90. The minimum atomic E-state index is -3.42. The predicted molar refractivity (Wildman–Crippen MR) is 54.0 cm³/mol. The van der Waals surface area contributed by atoms with Crippen molar-refractivity contribution < 1.29 is 8.42 Å². The van der Waals surface area contributed by atoms with Gasteiger partial charge in [0.25, 0.3) is 0 Å². The number of nitrogens with zero attached hydrogens (tertiary/aromatic N) is 1. The summed E-state index contributed by atoms with van der Waals surface area (Å²) in [6, 6.07) is 1.79. The Hall–Kier alpha value is -0.600. The van der Waals surface area contributed by atoms with E-state index in [0.717, 1.165) is 25.7 Å². The van der Waals surface area contributed by atoms with Gasteiger partial charge >= 0.3 is 0 Å². The SMILES string of the molecule is CC(C#N)S(=O)(=O)NC1CCCCC1. The second-order valence-corrected chi connectivity index (χ2v) is 5.80. The van der Waals surface area contributed by atoms with Crippen LogP contribution in [0.15, 0.2) is 0 Å². The Morgan fingerprint density at radius 2 is 1.93 bits per heavy atom. The average Bonchev–Trinajstić information content (AvgIpc) is 2.17. The molecule has 1 aliphatic rings. The summed E-state index contributed by atoms with van der Waals surface area (Å²) in [6.07, 6.45) is 5.14. The molecule has 0 saturated heterocycles. The summed E-state index contributed by atoms with van der Waals surface area (Å²) in [5, 5.41) is 7.58. The standard InChI is InChI=1S/C9H16N2O2S/c1-8(7-10)14(12,13)11-9-5-3-2-4-6-9/h8-9,11H,2-6H2,1H3. The lowest BCUT2D eigenvalue weighted by Crippen LogP contribution is -2.40. The number of nitriles is 1. The first-order chi connectivity index (χ1) is 6.56. The molecule has 4 nitrogen and oxygen atoms in total. The Balaban J connectivity index is 2.54. The quantitative estimate of drug-likeness (QED) is 0.769. The first-order valence-corrected chi connectivity index (χ1v) is 6.51. The fraction of sp³-hybridized carbons (Fsp3) is 0.889. The molecule has 1 aliphatic carbocycles. The van der Waals surface area contributed by atoms with Crippen molar-refractivity contribution >= 4 is 10.0 Å². The van der Waals surface area contributed by atoms with Gasteiger partial charge in [0, 0.05) is 6.04 Å². The van der Waals surface area contributed by atoms with Crippen molar-refractivity contribution in [2.45, 2.75) is 50.3 Å². The molecule has 80 valence electrons. The van der Waals surface area contributed by atoms with E-state index in [1.165, 1.54) is 13.3 Å². The van der Waals surface area contributed by atoms with Crippen molar-refractivity contribution in [2.75, 3.05) is 0 Å². The molecule has 0 aliphatic heterocycles. The molecular weight excluding hydrogens is 200 g/mol. The topological polar surface area (TPSA) is 70.0 Å². The molecule has 0 aromatic carbocycles. The molecule has 0 aromatic heterocycles. The second kappa shape index (κ2) is 4.76. The number of nitrogens with one attached hydrogen (secondary N) is 1. The third kappa shape index (κ3) is 2.96. The first kappa shape index (κ1) is 11.5. The smallest absolute Gasteiger partial charge is 0.211 e. The average molecular weight is 216 g/mol. The maximum atomic E-state index is 11.5. The van der Waals surface area contributed by atoms with Crippen LogP contribution in [0.3, 0.4) is 0 Å². The van der Waals surface area contributed by atoms with Gasteiger partial charge in [-0.1, -0.05) is 19.3 Å². The van der Waals surface area contributed by atoms with Crippen LogP contribution >= 0.6 is 0 Å². The van der Waals surface area contributed by atoms with Crippen LogP contribution in [0.25, 0.3) is 0 Å². The van der Waals surface area contributed by atoms with E-state index in [9.17, 15) is 8.42 Å². The van der Waals surface area contributed by atoms with Gasteiger partial charge in [-0.15, -0.1) is 0 Å². The Morgan fingerprint density at radius 1 is 1.36 bits per heavy atom. The molecule has 0 aromatic rings. The molecule has 1 saturated carbocycles. The van der Waals surface area contributed by atoms with Crippen LogP contribution in [0, 0.1) is 11.3 Å². The molecule has 14 heavy (non-hydrogen) atoms. The van der Waals surface area contributed by atoms with Gasteiger partial charge in [-0.2, -0.15) is 5.26 Å². The van der Waals surface area contributed by atoms with Crippen molar-refractivity contribution in [1.82, 2.24) is 4.72 Å². The van der Waals surface area contributed by atoms with E-state index in [0.29, 0.717) is 0 Å². The number of rotatable bonds is 3. The van der Waals surface area contributed by atoms with Crippen LogP contribution in [-0.4, -0.2) is 19.7 Å². The maximum absolute atomic E-state index is 11.5. The van der Waals surface area contributed by atoms with Gasteiger partial charge in [-0.05, 0) is 19.8 Å². The highest BCUT2D eigenvalue weighted by molar-refractivity contribution is 7.90. The Labute approximate surface area is 85.4 Å². The van der Waals surface area contributed by atoms with E-state index in [1.54, 1.807) is 6.07 Å². The zero-order valence-corrected chi connectivity index (χ0v) is 9.18. The maximum Gasteiger partial charge on any atom is 0.227 e. The van der Waals surface area contributed by atoms with Gasteiger partial charge in [0.05, 0.1) is 6.07 Å². The second-order valence-electron chi connectivity index (χ2n) is 3.77. The van der Waals surface area contributed by atoms with Gasteiger partial charge in [0.1, 0.15) is 0 Å². The van der Waals surface area contributed by atoms with E-state index in [-0.39, 0.29) is 6.04 Å². The zero-order chi connectivity index (χ0) is 10.6. The normalized spacial score (nSPS) is 21.4. The lowest BCUT2D eigenvalue weighted by atomic mass is 9.96. The molecule has 0 heterocycles. The lowest BCUT2D eigenvalue weighted by molar-refractivity contribution is 0.411. The molecule has 1 fully saturated rings. The van der Waals surface area contributed by atoms with Gasteiger partial charge in [-0.3, -0.25) is 0 Å². The van der Waals surface area contributed by atoms with Crippen molar-refractivity contribution in [1.29, 1.82) is 5.26 Å². The highest BCUT2D eigenvalue weighted by Crippen LogP contribution is 2.18. The third-order valence-corrected chi connectivity index (χ3v) is 4.28. The molecule has 1 N–H and O–H groups in total. The van der Waals surface area contributed by atoms with Crippen molar-refractivity contribution in [2.24, 2.45) is 0 Å². The molecule has 0 radical (unpaired) electrons. The van der Waals surface area contributed by atoms with Crippen molar-refractivity contribution in [3.63, 3.8) is 0 Å². The molecule has 0 bridgehead atoms. The molecule has 1 unspecified atom stereocenters. The lowest BCUT2D eigenvalue weighted by Gasteiger charge is -2.23. The van der Waals surface area contributed by atoms with E-state index in [1.807, 2.05) is 0 Å². The largest absolute Gasteiger partial charge is 0.227 e. The van der Waals surface area contributed by atoms with Crippen LogP contribution in [0.1, 0.15) is 39.0 Å². The summed E-state index contributed by atoms with van der Waals surface area (Å²) in [7, 11) is -3.42. The summed E-state index contributed by atoms with van der Waals surface area (Å²) in [5.74, 6) is 0. The van der Waals surface area contributed by atoms with Crippen molar-refractivity contribution in [3.05, 3.63) is 0 Å². The number of sulfonamides is 1. The predicted octanol–water partition coefficient (Wildman–Crippen LogP) is 1.15. The van der Waals surface area contributed by atoms with Gasteiger partial charge in [0.15, 0.2) is 5.25 Å². The minimum absolute atomic E-state index is 0.0459. The molecule has 0 amide bonds. The summed E-state index contributed by atoms with van der Waals surface area (Å²) in [6.45, 7) is 1.41. The van der Waals surface area contributed by atoms with Crippen molar-refractivity contribution in [3.8, 4) is 6.07 Å². The highest BCUT2D eigenvalue weighted by Gasteiger charge is 2.24. The van der Waals surface area contributed by atoms with E-state index in [4.69, 9.17) is 5.26 Å². The zero-order valence-electron chi connectivity index (χ0n) is 8.36. The first-order valence-electron chi connectivity index (χ1n) is 4.97. The highest BCUT2D eigenvalue weighted by atomic mass is 32.2. The van der Waals surface area contributed by atoms with E-state index in [2.05, 4.69) is 4.72 Å². The van der Waals surface area contributed by atoms with Crippen LogP contribution in [-0.2, 0) is 10.0 Å². The van der Waals surface area contributed by atoms with Gasteiger partial charge in [-0.25, -0.2) is 13.1 Å². The summed E-state index contributed by atoms with van der Waals surface area (Å²) < 4.78 is 25.6. The fourth-order valence-electron chi connectivity index (χ4n) is 1.62. The molecule has 5 heteroatoms. The van der Waals surface area contributed by atoms with Crippen LogP contribution < -0.4 is 4.72 Å². The van der Waals surface area contributed by atoms with Gasteiger partial charge < -0.3 is 0 Å². The van der Waals surface area contributed by atoms with E-state index < -0.39 is 15.3 Å². The van der Waals surface area contributed by atoms with Gasteiger partial charge in [0.2, 0.25) is 10.0 Å². The Morgan fingerprint density at radius 3 is 2.43 bits per heavy atom. The molecule has 1 rings (SSSR count). The number of hydrogen-bond acceptors (Lipinski definition) is 3. The van der Waals surface area contributed by atoms with E-state index >= 15 is 0 Å². The molecule has 0 spiro atoms. The fourth-order valence-corrected chi connectivity index (χ4v) is 2.67. The monoisotopic (exact) mass is 216 g/mol. The van der Waals surface area contributed by atoms with Crippen LogP contribution in [0.2, 0.25) is 0 Å². The molecule has 1 atom stereocenters. The number of hydrogen-bond donors (Lipinski definition) is 1. The summed E-state index contributed by atoms with van der Waals surface area (Å²) in [4.78, 5) is 0. The Bertz CT molecular complexity index is 312. The van der Waals surface area contributed by atoms with Crippen LogP contribution in [0.5, 0.6) is 0 Å². The summed E-state index contributed by atoms with van der Waals surface area (Å²) >= 11 is 0. The minimum Gasteiger partial charge on any atom is -0.211 e.